The molecule has 0 unspecified atom stereocenters. The second kappa shape index (κ2) is 9.97. The number of carbonyl (C=O) groups is 3. The van der Waals surface area contributed by atoms with Gasteiger partial charge in [0.15, 0.2) is 0 Å². The summed E-state index contributed by atoms with van der Waals surface area (Å²) in [6, 6.07) is 14.1. The second-order valence-corrected chi connectivity index (χ2v) is 7.74. The van der Waals surface area contributed by atoms with E-state index in [-0.39, 0.29) is 24.9 Å². The van der Waals surface area contributed by atoms with Gasteiger partial charge in [-0.25, -0.2) is 4.79 Å². The second-order valence-electron chi connectivity index (χ2n) is 7.26. The average molecular weight is 416 g/mol. The molecule has 0 saturated carbocycles. The van der Waals surface area contributed by atoms with Gasteiger partial charge in [0.05, 0.1) is 5.56 Å². The number of thiol groups is 1. The Morgan fingerprint density at radius 3 is 2.31 bits per heavy atom. The number of ether oxygens (including phenoxy) is 1. The Morgan fingerprint density at radius 2 is 1.62 bits per heavy atom. The molecular weight excluding hydrogens is 390 g/mol. The van der Waals surface area contributed by atoms with Gasteiger partial charge >= 0.3 is 6.09 Å². The molecule has 3 N–H and O–H groups in total. The third-order valence-electron chi connectivity index (χ3n) is 3.68. The third-order valence-corrected chi connectivity index (χ3v) is 4.07. The minimum absolute atomic E-state index is 0.188. The molecule has 0 bridgehead atoms. The van der Waals surface area contributed by atoms with Crippen molar-refractivity contribution in [2.45, 2.75) is 37.8 Å². The topological polar surface area (TPSA) is 96.5 Å². The fourth-order valence-electron chi connectivity index (χ4n) is 2.37. The molecule has 0 aromatic heterocycles. The number of benzene rings is 2. The number of nitrogens with one attached hydrogen (secondary N) is 3. The molecule has 0 radical (unpaired) electrons. The predicted octanol–water partition coefficient (Wildman–Crippen LogP) is 3.37. The zero-order chi connectivity index (χ0) is 21.4. The lowest BCUT2D eigenvalue weighted by molar-refractivity contribution is -0.120. The highest BCUT2D eigenvalue weighted by Gasteiger charge is 2.17. The zero-order valence-electron chi connectivity index (χ0n) is 16.6. The number of anilines is 1. The van der Waals surface area contributed by atoms with Crippen LogP contribution in [-0.2, 0) is 16.1 Å². The van der Waals surface area contributed by atoms with Crippen LogP contribution in [0, 0.1) is 0 Å². The van der Waals surface area contributed by atoms with Crippen LogP contribution in [0.5, 0.6) is 0 Å². The summed E-state index contributed by atoms with van der Waals surface area (Å²) in [4.78, 5) is 36.7. The van der Waals surface area contributed by atoms with Gasteiger partial charge in [-0.1, -0.05) is 30.3 Å². The number of rotatable bonds is 6. The third kappa shape index (κ3) is 7.50. The molecule has 3 amide bonds. The standard InChI is InChI=1S/C21H25N3O4S/c1-21(2,3)28-20(27)23-13-18(25)22-12-14-8-4-6-10-16(14)24-19(26)15-9-5-7-11-17(15)29/h4-11,29H,12-13H2,1-3H3,(H,22,25)(H,23,27)(H,24,26). The van der Waals surface area contributed by atoms with Crippen molar-refractivity contribution in [1.29, 1.82) is 0 Å². The largest absolute Gasteiger partial charge is 0.444 e. The van der Waals surface area contributed by atoms with Crippen LogP contribution in [0.2, 0.25) is 0 Å². The Bertz CT molecular complexity index is 893. The number of carbonyl (C=O) groups excluding carboxylic acids is 3. The Labute approximate surface area is 175 Å². The van der Waals surface area contributed by atoms with Gasteiger partial charge in [-0.2, -0.15) is 0 Å². The smallest absolute Gasteiger partial charge is 0.408 e. The van der Waals surface area contributed by atoms with Crippen LogP contribution in [0.25, 0.3) is 0 Å². The van der Waals surface area contributed by atoms with Crippen molar-refractivity contribution >= 4 is 36.2 Å². The summed E-state index contributed by atoms with van der Waals surface area (Å²) in [6.45, 7) is 5.20. The number of hydrogen-bond donors (Lipinski definition) is 4. The number of para-hydroxylation sites is 1. The summed E-state index contributed by atoms with van der Waals surface area (Å²) in [5.41, 5.74) is 1.12. The molecule has 0 spiro atoms. The van der Waals surface area contributed by atoms with Crippen LogP contribution in [0.15, 0.2) is 53.4 Å². The van der Waals surface area contributed by atoms with Crippen molar-refractivity contribution in [1.82, 2.24) is 10.6 Å². The SMILES string of the molecule is CC(C)(C)OC(=O)NCC(=O)NCc1ccccc1NC(=O)c1ccccc1S. The van der Waals surface area contributed by atoms with Gasteiger partial charge in [-0.3, -0.25) is 9.59 Å². The zero-order valence-corrected chi connectivity index (χ0v) is 17.5. The van der Waals surface area contributed by atoms with Crippen molar-refractivity contribution in [2.75, 3.05) is 11.9 Å². The monoisotopic (exact) mass is 415 g/mol. The first kappa shape index (κ1) is 22.3. The number of amides is 3. The quantitative estimate of drug-likeness (QED) is 0.544. The first-order valence-corrected chi connectivity index (χ1v) is 9.51. The molecule has 8 heteroatoms. The van der Waals surface area contributed by atoms with Crippen molar-refractivity contribution in [2.24, 2.45) is 0 Å². The van der Waals surface area contributed by atoms with E-state index in [1.165, 1.54) is 0 Å². The maximum absolute atomic E-state index is 12.5. The van der Waals surface area contributed by atoms with Crippen LogP contribution in [0.1, 0.15) is 36.7 Å². The lowest BCUT2D eigenvalue weighted by atomic mass is 10.1. The molecule has 0 heterocycles. The van der Waals surface area contributed by atoms with Crippen LogP contribution in [-0.4, -0.2) is 30.1 Å². The fraction of sp³-hybridized carbons (Fsp3) is 0.286. The van der Waals surface area contributed by atoms with Crippen molar-refractivity contribution < 1.29 is 19.1 Å². The van der Waals surface area contributed by atoms with E-state index < -0.39 is 11.7 Å². The minimum atomic E-state index is -0.661. The van der Waals surface area contributed by atoms with Gasteiger partial charge in [0.2, 0.25) is 5.91 Å². The van der Waals surface area contributed by atoms with E-state index in [1.54, 1.807) is 63.2 Å². The number of alkyl carbamates (subject to hydrolysis) is 1. The van der Waals surface area contributed by atoms with Crippen molar-refractivity contribution in [3.63, 3.8) is 0 Å². The first-order chi connectivity index (χ1) is 13.7. The molecule has 0 aliphatic rings. The van der Waals surface area contributed by atoms with Gasteiger partial charge in [0.1, 0.15) is 12.1 Å². The fourth-order valence-corrected chi connectivity index (χ4v) is 2.64. The maximum Gasteiger partial charge on any atom is 0.408 e. The predicted molar refractivity (Wildman–Crippen MR) is 114 cm³/mol. The molecule has 2 aromatic rings. The van der Waals surface area contributed by atoms with E-state index in [1.807, 2.05) is 6.07 Å². The molecule has 0 aliphatic heterocycles. The first-order valence-electron chi connectivity index (χ1n) is 9.06. The van der Waals surface area contributed by atoms with E-state index >= 15 is 0 Å². The average Bonchev–Trinajstić information content (AvgIpc) is 2.64. The summed E-state index contributed by atoms with van der Waals surface area (Å²) < 4.78 is 5.08. The highest BCUT2D eigenvalue weighted by atomic mass is 32.1. The summed E-state index contributed by atoms with van der Waals surface area (Å²) in [6.07, 6.45) is -0.661. The summed E-state index contributed by atoms with van der Waals surface area (Å²) in [5.74, 6) is -0.668. The van der Waals surface area contributed by atoms with E-state index in [0.717, 1.165) is 5.56 Å². The minimum Gasteiger partial charge on any atom is -0.444 e. The van der Waals surface area contributed by atoms with Gasteiger partial charge in [-0.15, -0.1) is 12.6 Å². The van der Waals surface area contributed by atoms with E-state index in [4.69, 9.17) is 4.74 Å². The molecular formula is C21H25N3O4S. The summed E-state index contributed by atoms with van der Waals surface area (Å²) in [7, 11) is 0. The van der Waals surface area contributed by atoms with Crippen LogP contribution in [0.3, 0.4) is 0 Å². The molecule has 154 valence electrons. The normalized spacial score (nSPS) is 10.8. The van der Waals surface area contributed by atoms with Crippen LogP contribution in [0.4, 0.5) is 10.5 Å². The van der Waals surface area contributed by atoms with E-state index in [9.17, 15) is 14.4 Å². The maximum atomic E-state index is 12.5. The Kier molecular flexibility index (Phi) is 7.67. The van der Waals surface area contributed by atoms with E-state index in [0.29, 0.717) is 16.1 Å². The molecule has 0 atom stereocenters. The molecule has 2 rings (SSSR count). The molecule has 0 saturated heterocycles. The lowest BCUT2D eigenvalue weighted by Gasteiger charge is -2.19. The summed E-state index contributed by atoms with van der Waals surface area (Å²) >= 11 is 4.30. The van der Waals surface area contributed by atoms with E-state index in [2.05, 4.69) is 28.6 Å². The molecule has 2 aromatic carbocycles. The summed E-state index contributed by atoms with van der Waals surface area (Å²) in [5, 5.41) is 7.94. The molecule has 7 nitrogen and oxygen atoms in total. The molecule has 0 fully saturated rings. The Morgan fingerprint density at radius 1 is 0.966 bits per heavy atom. The Hall–Kier alpha value is -3.00. The highest BCUT2D eigenvalue weighted by Crippen LogP contribution is 2.19. The highest BCUT2D eigenvalue weighted by molar-refractivity contribution is 7.80. The van der Waals surface area contributed by atoms with Crippen LogP contribution >= 0.6 is 12.6 Å². The van der Waals surface area contributed by atoms with Gasteiger partial charge in [-0.05, 0) is 44.5 Å². The molecule has 0 aliphatic carbocycles. The number of hydrogen-bond acceptors (Lipinski definition) is 5. The van der Waals surface area contributed by atoms with Crippen LogP contribution < -0.4 is 16.0 Å². The van der Waals surface area contributed by atoms with Crippen molar-refractivity contribution in [3.05, 3.63) is 59.7 Å². The lowest BCUT2D eigenvalue weighted by Crippen LogP contribution is -2.39. The van der Waals surface area contributed by atoms with Gasteiger partial charge in [0.25, 0.3) is 5.91 Å². The molecule has 29 heavy (non-hydrogen) atoms. The van der Waals surface area contributed by atoms with Gasteiger partial charge < -0.3 is 20.7 Å². The van der Waals surface area contributed by atoms with Crippen molar-refractivity contribution in [3.8, 4) is 0 Å². The van der Waals surface area contributed by atoms with Gasteiger partial charge in [0, 0.05) is 17.1 Å². The Balaban J connectivity index is 1.92.